The van der Waals surface area contributed by atoms with Crippen molar-refractivity contribution in [3.05, 3.63) is 34.2 Å². The predicted molar refractivity (Wildman–Crippen MR) is 91.1 cm³/mol. The molecule has 1 unspecified atom stereocenters. The Kier molecular flexibility index (Phi) is 5.08. The molecular weight excluding hydrogens is 314 g/mol. The number of hydrogen-bond donors (Lipinski definition) is 1. The van der Waals surface area contributed by atoms with E-state index in [1.54, 1.807) is 19.3 Å². The molecule has 2 aliphatic rings. The van der Waals surface area contributed by atoms with Gasteiger partial charge < -0.3 is 14.6 Å². The van der Waals surface area contributed by atoms with Crippen LogP contribution in [0, 0.1) is 0 Å². The van der Waals surface area contributed by atoms with Crippen LogP contribution in [0.5, 0.6) is 0 Å². The average Bonchev–Trinajstić information content (AvgIpc) is 3.06. The number of carbonyl (C=O) groups is 1. The molecule has 6 nitrogen and oxygen atoms in total. The molecule has 1 amide bonds. The van der Waals surface area contributed by atoms with Gasteiger partial charge in [-0.3, -0.25) is 14.5 Å². The van der Waals surface area contributed by atoms with Crippen molar-refractivity contribution in [2.45, 2.75) is 12.0 Å². The highest BCUT2D eigenvalue weighted by Gasteiger charge is 2.40. The number of morpholine rings is 1. The maximum Gasteiger partial charge on any atom is 0.251 e. The average molecular weight is 337 g/mol. The standard InChI is InChI=1S/C16H23N3O3S/c1-18-4-2-13(10-14(18)20)15(21)17-11-16(3-9-23-12-16)19-5-7-22-8-6-19/h2,4,10H,3,5-9,11-12H2,1H3,(H,17,21). The molecule has 1 aromatic rings. The fraction of sp³-hybridized carbons (Fsp3) is 0.625. The molecule has 1 aromatic heterocycles. The molecule has 3 heterocycles. The molecule has 0 bridgehead atoms. The van der Waals surface area contributed by atoms with E-state index in [4.69, 9.17) is 4.74 Å². The lowest BCUT2D eigenvalue weighted by Gasteiger charge is -2.43. The number of thioether (sulfide) groups is 1. The van der Waals surface area contributed by atoms with Crippen LogP contribution in [0.2, 0.25) is 0 Å². The lowest BCUT2D eigenvalue weighted by Crippen LogP contribution is -2.59. The van der Waals surface area contributed by atoms with Crippen LogP contribution in [0.1, 0.15) is 16.8 Å². The topological polar surface area (TPSA) is 63.6 Å². The maximum absolute atomic E-state index is 12.4. The summed E-state index contributed by atoms with van der Waals surface area (Å²) < 4.78 is 6.91. The molecule has 0 aromatic carbocycles. The Labute approximate surface area is 140 Å². The molecule has 7 heteroatoms. The summed E-state index contributed by atoms with van der Waals surface area (Å²) in [6.45, 7) is 3.98. The summed E-state index contributed by atoms with van der Waals surface area (Å²) in [5.41, 5.74) is 0.275. The molecule has 1 atom stereocenters. The van der Waals surface area contributed by atoms with Crippen LogP contribution in [-0.4, -0.2) is 65.3 Å². The Hall–Kier alpha value is -1.31. The third kappa shape index (κ3) is 3.62. The van der Waals surface area contributed by atoms with Crippen LogP contribution in [0.25, 0.3) is 0 Å². The van der Waals surface area contributed by atoms with Crippen LogP contribution < -0.4 is 10.9 Å². The van der Waals surface area contributed by atoms with Gasteiger partial charge in [0.25, 0.3) is 11.5 Å². The highest BCUT2D eigenvalue weighted by molar-refractivity contribution is 7.99. The highest BCUT2D eigenvalue weighted by atomic mass is 32.2. The fourth-order valence-corrected chi connectivity index (χ4v) is 4.65. The molecule has 126 valence electrons. The third-order valence-electron chi connectivity index (χ3n) is 4.71. The van der Waals surface area contributed by atoms with Gasteiger partial charge in [-0.2, -0.15) is 11.8 Å². The van der Waals surface area contributed by atoms with E-state index in [1.807, 2.05) is 11.8 Å². The Bertz CT molecular complexity index is 619. The first-order valence-electron chi connectivity index (χ1n) is 7.96. The zero-order chi connectivity index (χ0) is 16.3. The van der Waals surface area contributed by atoms with E-state index in [1.165, 1.54) is 10.6 Å². The number of aromatic nitrogens is 1. The highest BCUT2D eigenvalue weighted by Crippen LogP contribution is 2.33. The van der Waals surface area contributed by atoms with Gasteiger partial charge in [0.1, 0.15) is 0 Å². The Balaban J connectivity index is 1.67. The van der Waals surface area contributed by atoms with E-state index in [0.29, 0.717) is 12.1 Å². The molecule has 0 aliphatic carbocycles. The van der Waals surface area contributed by atoms with Crippen molar-refractivity contribution in [3.8, 4) is 0 Å². The van der Waals surface area contributed by atoms with Crippen molar-refractivity contribution in [2.24, 2.45) is 7.05 Å². The molecule has 0 radical (unpaired) electrons. The smallest absolute Gasteiger partial charge is 0.251 e. The van der Waals surface area contributed by atoms with Crippen LogP contribution in [-0.2, 0) is 11.8 Å². The lowest BCUT2D eigenvalue weighted by molar-refractivity contribution is -0.0129. The molecular formula is C16H23N3O3S. The van der Waals surface area contributed by atoms with Crippen molar-refractivity contribution in [3.63, 3.8) is 0 Å². The minimum Gasteiger partial charge on any atom is -0.379 e. The number of ether oxygens (including phenoxy) is 1. The minimum atomic E-state index is -0.174. The van der Waals surface area contributed by atoms with Crippen LogP contribution in [0.15, 0.2) is 23.1 Å². The quantitative estimate of drug-likeness (QED) is 0.857. The van der Waals surface area contributed by atoms with Gasteiger partial charge in [-0.15, -0.1) is 0 Å². The fourth-order valence-electron chi connectivity index (χ4n) is 3.17. The Morgan fingerprint density at radius 3 is 2.87 bits per heavy atom. The van der Waals surface area contributed by atoms with Gasteiger partial charge in [0.15, 0.2) is 0 Å². The summed E-state index contributed by atoms with van der Waals surface area (Å²) >= 11 is 1.94. The first-order chi connectivity index (χ1) is 11.1. The SMILES string of the molecule is Cn1ccc(C(=O)NCC2(N3CCOCC3)CCSC2)cc1=O. The normalized spacial score (nSPS) is 25.4. The first kappa shape index (κ1) is 16.5. The third-order valence-corrected chi connectivity index (χ3v) is 5.94. The second kappa shape index (κ2) is 7.07. The molecule has 0 saturated carbocycles. The lowest BCUT2D eigenvalue weighted by atomic mass is 9.95. The van der Waals surface area contributed by atoms with Gasteiger partial charge in [-0.1, -0.05) is 0 Å². The number of rotatable bonds is 4. The zero-order valence-corrected chi connectivity index (χ0v) is 14.2. The largest absolute Gasteiger partial charge is 0.379 e. The summed E-state index contributed by atoms with van der Waals surface area (Å²) in [7, 11) is 1.67. The molecule has 23 heavy (non-hydrogen) atoms. The number of pyridine rings is 1. The van der Waals surface area contributed by atoms with E-state index in [-0.39, 0.29) is 17.0 Å². The number of nitrogens with one attached hydrogen (secondary N) is 1. The minimum absolute atomic E-state index is 0.0177. The first-order valence-corrected chi connectivity index (χ1v) is 9.12. The van der Waals surface area contributed by atoms with Gasteiger partial charge in [0.05, 0.1) is 13.2 Å². The summed E-state index contributed by atoms with van der Waals surface area (Å²) in [6.07, 6.45) is 2.70. The van der Waals surface area contributed by atoms with Crippen molar-refractivity contribution >= 4 is 17.7 Å². The molecule has 2 fully saturated rings. The number of nitrogens with zero attached hydrogens (tertiary/aromatic N) is 2. The Morgan fingerprint density at radius 2 is 2.22 bits per heavy atom. The second-order valence-electron chi connectivity index (χ2n) is 6.17. The van der Waals surface area contributed by atoms with Gasteiger partial charge in [0.2, 0.25) is 0 Å². The van der Waals surface area contributed by atoms with Crippen LogP contribution in [0.4, 0.5) is 0 Å². The van der Waals surface area contributed by atoms with Crippen molar-refractivity contribution in [1.82, 2.24) is 14.8 Å². The van der Waals surface area contributed by atoms with Crippen LogP contribution in [0.3, 0.4) is 0 Å². The molecule has 3 rings (SSSR count). The Morgan fingerprint density at radius 1 is 1.43 bits per heavy atom. The number of aryl methyl sites for hydroxylation is 1. The summed E-state index contributed by atoms with van der Waals surface area (Å²) in [4.78, 5) is 26.5. The van der Waals surface area contributed by atoms with E-state index in [0.717, 1.165) is 44.2 Å². The van der Waals surface area contributed by atoms with Crippen LogP contribution >= 0.6 is 11.8 Å². The summed E-state index contributed by atoms with van der Waals surface area (Å²) in [6, 6.07) is 3.07. The van der Waals surface area contributed by atoms with E-state index < -0.39 is 0 Å². The van der Waals surface area contributed by atoms with Gasteiger partial charge in [-0.05, 0) is 18.2 Å². The van der Waals surface area contributed by atoms with Crippen molar-refractivity contribution in [1.29, 1.82) is 0 Å². The van der Waals surface area contributed by atoms with Crippen molar-refractivity contribution < 1.29 is 9.53 Å². The molecule has 2 saturated heterocycles. The summed E-state index contributed by atoms with van der Waals surface area (Å²) in [5, 5.41) is 3.04. The zero-order valence-electron chi connectivity index (χ0n) is 13.4. The summed E-state index contributed by atoms with van der Waals surface area (Å²) in [5.74, 6) is 1.98. The number of hydrogen-bond acceptors (Lipinski definition) is 5. The van der Waals surface area contributed by atoms with Gasteiger partial charge in [0, 0.05) is 55.8 Å². The molecule has 0 spiro atoms. The maximum atomic E-state index is 12.4. The molecule has 1 N–H and O–H groups in total. The van der Waals surface area contributed by atoms with E-state index >= 15 is 0 Å². The predicted octanol–water partition coefficient (Wildman–Crippen LogP) is 0.323. The van der Waals surface area contributed by atoms with E-state index in [9.17, 15) is 9.59 Å². The number of carbonyl (C=O) groups excluding carboxylic acids is 1. The van der Waals surface area contributed by atoms with Gasteiger partial charge >= 0.3 is 0 Å². The van der Waals surface area contributed by atoms with E-state index in [2.05, 4.69) is 10.2 Å². The number of amides is 1. The monoisotopic (exact) mass is 337 g/mol. The second-order valence-corrected chi connectivity index (χ2v) is 7.28. The molecule has 2 aliphatic heterocycles. The van der Waals surface area contributed by atoms with Gasteiger partial charge in [-0.25, -0.2) is 0 Å². The van der Waals surface area contributed by atoms with Crippen molar-refractivity contribution in [2.75, 3.05) is 44.4 Å².